The summed E-state index contributed by atoms with van der Waals surface area (Å²) < 4.78 is 40.3. The van der Waals surface area contributed by atoms with Gasteiger partial charge in [0.2, 0.25) is 5.03 Å². The molecule has 0 bridgehead atoms. The monoisotopic (exact) mass is 313 g/mol. The first-order chi connectivity index (χ1) is 10.1. The highest BCUT2D eigenvalue weighted by Gasteiger charge is 2.35. The Balaban J connectivity index is 1.80. The molecule has 7 heteroatoms. The van der Waals surface area contributed by atoms with Gasteiger partial charge in [-0.25, -0.2) is 17.8 Å². The van der Waals surface area contributed by atoms with Crippen LogP contribution in [0.3, 0.4) is 0 Å². The van der Waals surface area contributed by atoms with Crippen LogP contribution < -0.4 is 0 Å². The number of piperidine rings is 1. The number of hydrogen-bond donors (Lipinski definition) is 0. The lowest BCUT2D eigenvalue weighted by Gasteiger charge is -2.36. The second-order valence-corrected chi connectivity index (χ2v) is 7.55. The van der Waals surface area contributed by atoms with Gasteiger partial charge in [-0.1, -0.05) is 0 Å². The van der Waals surface area contributed by atoms with Crippen LogP contribution in [-0.4, -0.2) is 54.8 Å². The van der Waals surface area contributed by atoms with Crippen LogP contribution in [-0.2, 0) is 10.0 Å². The molecule has 2 saturated heterocycles. The molecule has 21 heavy (non-hydrogen) atoms. The van der Waals surface area contributed by atoms with E-state index >= 15 is 0 Å². The van der Waals surface area contributed by atoms with E-state index in [0.717, 1.165) is 32.0 Å². The Kier molecular flexibility index (Phi) is 4.24. The predicted octanol–water partition coefficient (Wildman–Crippen LogP) is 1.47. The maximum absolute atomic E-state index is 13.8. The Hall–Kier alpha value is -1.05. The van der Waals surface area contributed by atoms with Gasteiger partial charge in [0.05, 0.1) is 0 Å². The average Bonchev–Trinajstić information content (AvgIpc) is 3.02. The number of sulfonamides is 1. The summed E-state index contributed by atoms with van der Waals surface area (Å²) in [6.07, 6.45) is 5.50. The van der Waals surface area contributed by atoms with Crippen molar-refractivity contribution in [1.82, 2.24) is 14.2 Å². The zero-order valence-electron chi connectivity index (χ0n) is 11.9. The van der Waals surface area contributed by atoms with E-state index in [9.17, 15) is 12.8 Å². The second kappa shape index (κ2) is 5.98. The van der Waals surface area contributed by atoms with Gasteiger partial charge in [-0.15, -0.1) is 0 Å². The molecule has 3 heterocycles. The molecule has 0 amide bonds. The van der Waals surface area contributed by atoms with Gasteiger partial charge >= 0.3 is 0 Å². The van der Waals surface area contributed by atoms with Crippen LogP contribution in [0.15, 0.2) is 23.4 Å². The molecule has 5 nitrogen and oxygen atoms in total. The van der Waals surface area contributed by atoms with Gasteiger partial charge in [0.15, 0.2) is 5.82 Å². The minimum atomic E-state index is -3.83. The summed E-state index contributed by atoms with van der Waals surface area (Å²) in [4.78, 5) is 6.09. The van der Waals surface area contributed by atoms with Crippen molar-refractivity contribution in [3.63, 3.8) is 0 Å². The van der Waals surface area contributed by atoms with Gasteiger partial charge < -0.3 is 0 Å². The zero-order valence-corrected chi connectivity index (χ0v) is 12.7. The molecular formula is C14H20FN3O2S. The van der Waals surface area contributed by atoms with Gasteiger partial charge in [-0.3, -0.25) is 4.90 Å². The summed E-state index contributed by atoms with van der Waals surface area (Å²) in [5, 5.41) is -0.452. The molecule has 1 aromatic rings. The van der Waals surface area contributed by atoms with E-state index < -0.39 is 20.9 Å². The van der Waals surface area contributed by atoms with E-state index in [2.05, 4.69) is 9.88 Å². The van der Waals surface area contributed by atoms with Crippen molar-refractivity contribution in [2.24, 2.45) is 0 Å². The number of rotatable bonds is 3. The Morgan fingerprint density at radius 1 is 1.19 bits per heavy atom. The standard InChI is InChI=1S/C14H20FN3O2S/c15-13-6-3-7-16-14(13)21(19,20)18-10-4-5-12(11-18)17-8-1-2-9-17/h3,6-7,12H,1-2,4-5,8-11H2. The number of pyridine rings is 1. The largest absolute Gasteiger partial charge is 0.299 e. The topological polar surface area (TPSA) is 53.5 Å². The summed E-state index contributed by atoms with van der Waals surface area (Å²) in [6, 6.07) is 2.79. The highest BCUT2D eigenvalue weighted by atomic mass is 32.2. The van der Waals surface area contributed by atoms with Crippen molar-refractivity contribution < 1.29 is 12.8 Å². The fraction of sp³-hybridized carbons (Fsp3) is 0.643. The van der Waals surface area contributed by atoms with Crippen LogP contribution >= 0.6 is 0 Å². The van der Waals surface area contributed by atoms with Crippen LogP contribution in [0.25, 0.3) is 0 Å². The first kappa shape index (κ1) is 14.9. The number of nitrogens with zero attached hydrogens (tertiary/aromatic N) is 3. The molecule has 2 aliphatic heterocycles. The van der Waals surface area contributed by atoms with Crippen molar-refractivity contribution in [3.8, 4) is 0 Å². The fourth-order valence-corrected chi connectivity index (χ4v) is 4.72. The number of aromatic nitrogens is 1. The summed E-state index contributed by atoms with van der Waals surface area (Å²) in [6.45, 7) is 2.97. The Morgan fingerprint density at radius 2 is 1.95 bits per heavy atom. The van der Waals surface area contributed by atoms with E-state index in [-0.39, 0.29) is 6.04 Å². The number of hydrogen-bond acceptors (Lipinski definition) is 4. The van der Waals surface area contributed by atoms with Crippen LogP contribution in [0, 0.1) is 5.82 Å². The van der Waals surface area contributed by atoms with E-state index in [0.29, 0.717) is 13.1 Å². The van der Waals surface area contributed by atoms with Crippen molar-refractivity contribution in [2.75, 3.05) is 26.2 Å². The molecular weight excluding hydrogens is 293 g/mol. The Morgan fingerprint density at radius 3 is 2.67 bits per heavy atom. The molecule has 0 spiro atoms. The van der Waals surface area contributed by atoms with E-state index in [1.165, 1.54) is 29.4 Å². The van der Waals surface area contributed by atoms with Crippen molar-refractivity contribution >= 4 is 10.0 Å². The lowest BCUT2D eigenvalue weighted by atomic mass is 10.1. The van der Waals surface area contributed by atoms with Gasteiger partial charge in [-0.05, 0) is 50.9 Å². The summed E-state index contributed by atoms with van der Waals surface area (Å²) in [7, 11) is -3.83. The highest BCUT2D eigenvalue weighted by Crippen LogP contribution is 2.25. The Labute approximate surface area is 124 Å². The van der Waals surface area contributed by atoms with Gasteiger partial charge in [0.1, 0.15) is 0 Å². The minimum Gasteiger partial charge on any atom is -0.299 e. The number of likely N-dealkylation sites (tertiary alicyclic amines) is 1. The molecule has 2 aliphatic rings. The molecule has 1 atom stereocenters. The van der Waals surface area contributed by atoms with Gasteiger partial charge in [0.25, 0.3) is 10.0 Å². The summed E-state index contributed by atoms with van der Waals surface area (Å²) >= 11 is 0. The highest BCUT2D eigenvalue weighted by molar-refractivity contribution is 7.89. The number of halogens is 1. The molecule has 3 rings (SSSR count). The molecule has 116 valence electrons. The lowest BCUT2D eigenvalue weighted by molar-refractivity contribution is 0.162. The third-order valence-corrected chi connectivity index (χ3v) is 6.13. The van der Waals surface area contributed by atoms with E-state index in [1.54, 1.807) is 0 Å². The van der Waals surface area contributed by atoms with Gasteiger partial charge in [0, 0.05) is 25.3 Å². The molecule has 0 radical (unpaired) electrons. The second-order valence-electron chi connectivity index (χ2n) is 5.69. The third-order valence-electron chi connectivity index (χ3n) is 4.33. The van der Waals surface area contributed by atoms with Gasteiger partial charge in [-0.2, -0.15) is 4.31 Å². The molecule has 0 aromatic carbocycles. The predicted molar refractivity (Wildman–Crippen MR) is 76.8 cm³/mol. The normalized spacial score (nSPS) is 25.3. The molecule has 1 unspecified atom stereocenters. The van der Waals surface area contributed by atoms with Crippen molar-refractivity contribution in [3.05, 3.63) is 24.1 Å². The van der Waals surface area contributed by atoms with Crippen molar-refractivity contribution in [1.29, 1.82) is 0 Å². The first-order valence-corrected chi connectivity index (χ1v) is 8.88. The molecule has 0 N–H and O–H groups in total. The van der Waals surface area contributed by atoms with Crippen LogP contribution in [0.1, 0.15) is 25.7 Å². The maximum Gasteiger partial charge on any atom is 0.263 e. The van der Waals surface area contributed by atoms with Crippen LogP contribution in [0.2, 0.25) is 0 Å². The Bertz CT molecular complexity index is 602. The zero-order chi connectivity index (χ0) is 14.9. The third kappa shape index (κ3) is 2.95. The summed E-state index contributed by atoms with van der Waals surface area (Å²) in [5.41, 5.74) is 0. The van der Waals surface area contributed by atoms with Crippen LogP contribution in [0.4, 0.5) is 4.39 Å². The smallest absolute Gasteiger partial charge is 0.263 e. The maximum atomic E-state index is 13.8. The SMILES string of the molecule is O=S(=O)(c1ncccc1F)N1CCCC(N2CCCC2)C1. The minimum absolute atomic E-state index is 0.253. The average molecular weight is 313 g/mol. The fourth-order valence-electron chi connectivity index (χ4n) is 3.23. The summed E-state index contributed by atoms with van der Waals surface area (Å²) in [5.74, 6) is -0.777. The lowest BCUT2D eigenvalue weighted by Crippen LogP contribution is -2.49. The van der Waals surface area contributed by atoms with Crippen LogP contribution in [0.5, 0.6) is 0 Å². The first-order valence-electron chi connectivity index (χ1n) is 7.44. The van der Waals surface area contributed by atoms with E-state index in [1.807, 2.05) is 0 Å². The molecule has 0 aliphatic carbocycles. The van der Waals surface area contributed by atoms with E-state index in [4.69, 9.17) is 0 Å². The van der Waals surface area contributed by atoms with Crippen molar-refractivity contribution in [2.45, 2.75) is 36.8 Å². The molecule has 1 aromatic heterocycles. The quantitative estimate of drug-likeness (QED) is 0.848. The molecule has 0 saturated carbocycles. The molecule has 2 fully saturated rings.